The zero-order chi connectivity index (χ0) is 16.4. The van der Waals surface area contributed by atoms with Crippen LogP contribution in [0.5, 0.6) is 5.75 Å². The quantitative estimate of drug-likeness (QED) is 0.833. The van der Waals surface area contributed by atoms with Crippen LogP contribution in [0.25, 0.3) is 0 Å². The van der Waals surface area contributed by atoms with E-state index in [1.165, 1.54) is 17.0 Å². The topological polar surface area (TPSA) is 84.7 Å². The molecule has 2 aliphatic rings. The van der Waals surface area contributed by atoms with Gasteiger partial charge in [-0.15, -0.1) is 0 Å². The summed E-state index contributed by atoms with van der Waals surface area (Å²) in [5.41, 5.74) is 6.58. The summed E-state index contributed by atoms with van der Waals surface area (Å²) in [7, 11) is 0. The number of halogens is 1. The molecule has 1 aromatic rings. The number of carbonyl (C=O) groups is 2. The molecule has 1 fully saturated rings. The molecular formula is C16H20FN3O3. The molecular weight excluding hydrogens is 301 g/mol. The average Bonchev–Trinajstić information content (AvgIpc) is 2.52. The molecule has 0 radical (unpaired) electrons. The minimum absolute atomic E-state index is 0.0132. The number of piperidine rings is 1. The molecule has 6 nitrogen and oxygen atoms in total. The van der Waals surface area contributed by atoms with Crippen molar-refractivity contribution in [1.82, 2.24) is 10.2 Å². The minimum Gasteiger partial charge on any atom is -0.491 e. The molecule has 124 valence electrons. The maximum Gasteiger partial charge on any atom is 0.239 e. The monoisotopic (exact) mass is 321 g/mol. The second-order valence-electron chi connectivity index (χ2n) is 6.04. The van der Waals surface area contributed by atoms with Crippen molar-refractivity contribution >= 4 is 11.8 Å². The molecule has 1 aromatic carbocycles. The smallest absolute Gasteiger partial charge is 0.239 e. The fraction of sp³-hybridized carbons (Fsp3) is 0.500. The number of hydrogen-bond donors (Lipinski definition) is 2. The summed E-state index contributed by atoms with van der Waals surface area (Å²) in [6.07, 6.45) is 2.06. The number of carbonyl (C=O) groups excluding carboxylic acids is 2. The number of nitrogens with zero attached hydrogens (tertiary/aromatic N) is 1. The molecule has 2 amide bonds. The van der Waals surface area contributed by atoms with Gasteiger partial charge in [0, 0.05) is 12.6 Å². The van der Waals surface area contributed by atoms with Crippen LogP contribution in [0.4, 0.5) is 4.39 Å². The second kappa shape index (κ2) is 6.54. The van der Waals surface area contributed by atoms with Gasteiger partial charge in [-0.1, -0.05) is 6.07 Å². The lowest BCUT2D eigenvalue weighted by molar-refractivity contribution is -0.139. The van der Waals surface area contributed by atoms with Crippen molar-refractivity contribution in [1.29, 1.82) is 0 Å². The predicted octanol–water partition coefficient (Wildman–Crippen LogP) is 0.195. The van der Waals surface area contributed by atoms with Gasteiger partial charge in [-0.3, -0.25) is 9.59 Å². The van der Waals surface area contributed by atoms with Gasteiger partial charge in [-0.2, -0.15) is 0 Å². The molecule has 0 aliphatic carbocycles. The van der Waals surface area contributed by atoms with E-state index in [0.29, 0.717) is 25.1 Å². The first kappa shape index (κ1) is 15.7. The number of nitrogens with one attached hydrogen (secondary N) is 1. The largest absolute Gasteiger partial charge is 0.491 e. The van der Waals surface area contributed by atoms with Gasteiger partial charge in [0.2, 0.25) is 11.8 Å². The predicted molar refractivity (Wildman–Crippen MR) is 81.3 cm³/mol. The van der Waals surface area contributed by atoms with Crippen molar-refractivity contribution in [2.75, 3.05) is 19.7 Å². The average molecular weight is 321 g/mol. The SMILES string of the molecule is NC1CCCN(CC(=O)NC2COc3cc(F)ccc3C2)C1=O. The Balaban J connectivity index is 1.55. The van der Waals surface area contributed by atoms with Crippen LogP contribution in [-0.2, 0) is 16.0 Å². The van der Waals surface area contributed by atoms with E-state index in [9.17, 15) is 14.0 Å². The molecule has 2 atom stereocenters. The molecule has 2 unspecified atom stereocenters. The van der Waals surface area contributed by atoms with E-state index in [-0.39, 0.29) is 36.8 Å². The lowest BCUT2D eigenvalue weighted by Gasteiger charge is -2.31. The van der Waals surface area contributed by atoms with Gasteiger partial charge in [-0.05, 0) is 30.9 Å². The summed E-state index contributed by atoms with van der Waals surface area (Å²) < 4.78 is 18.6. The number of ether oxygens (including phenoxy) is 1. The molecule has 2 aliphatic heterocycles. The molecule has 0 spiro atoms. The van der Waals surface area contributed by atoms with Crippen LogP contribution in [0.1, 0.15) is 18.4 Å². The molecule has 2 heterocycles. The van der Waals surface area contributed by atoms with E-state index in [1.807, 2.05) is 0 Å². The maximum atomic E-state index is 13.1. The number of rotatable bonds is 3. The van der Waals surface area contributed by atoms with Gasteiger partial charge in [0.15, 0.2) is 0 Å². The highest BCUT2D eigenvalue weighted by molar-refractivity contribution is 5.88. The van der Waals surface area contributed by atoms with Crippen molar-refractivity contribution in [2.45, 2.75) is 31.3 Å². The molecule has 3 N–H and O–H groups in total. The number of hydrogen-bond acceptors (Lipinski definition) is 4. The van der Waals surface area contributed by atoms with Crippen LogP contribution in [0, 0.1) is 5.82 Å². The lowest BCUT2D eigenvalue weighted by atomic mass is 10.0. The molecule has 0 aromatic heterocycles. The van der Waals surface area contributed by atoms with E-state index in [1.54, 1.807) is 6.07 Å². The Kier molecular flexibility index (Phi) is 4.47. The number of fused-ring (bicyclic) bond motifs is 1. The van der Waals surface area contributed by atoms with Crippen LogP contribution < -0.4 is 15.8 Å². The summed E-state index contributed by atoms with van der Waals surface area (Å²) in [5.74, 6) is -0.224. The Morgan fingerprint density at radius 1 is 1.48 bits per heavy atom. The maximum absolute atomic E-state index is 13.1. The summed E-state index contributed by atoms with van der Waals surface area (Å²) >= 11 is 0. The number of amides is 2. The summed E-state index contributed by atoms with van der Waals surface area (Å²) in [6.45, 7) is 0.859. The summed E-state index contributed by atoms with van der Waals surface area (Å²) in [6, 6.07) is 3.70. The first-order valence-electron chi connectivity index (χ1n) is 7.78. The Labute approximate surface area is 133 Å². The van der Waals surface area contributed by atoms with Crippen LogP contribution >= 0.6 is 0 Å². The van der Waals surface area contributed by atoms with Gasteiger partial charge in [0.25, 0.3) is 0 Å². The molecule has 7 heteroatoms. The highest BCUT2D eigenvalue weighted by atomic mass is 19.1. The summed E-state index contributed by atoms with van der Waals surface area (Å²) in [5, 5.41) is 2.86. The molecule has 23 heavy (non-hydrogen) atoms. The molecule has 0 bridgehead atoms. The molecule has 1 saturated heterocycles. The van der Waals surface area contributed by atoms with E-state index >= 15 is 0 Å². The first-order chi connectivity index (χ1) is 11.0. The third kappa shape index (κ3) is 3.61. The van der Waals surface area contributed by atoms with Crippen LogP contribution in [0.15, 0.2) is 18.2 Å². The van der Waals surface area contributed by atoms with Crippen LogP contribution in [0.3, 0.4) is 0 Å². The Morgan fingerprint density at radius 3 is 3.13 bits per heavy atom. The third-order valence-corrected chi connectivity index (χ3v) is 4.21. The highest BCUT2D eigenvalue weighted by Gasteiger charge is 2.28. The van der Waals surface area contributed by atoms with Gasteiger partial charge in [0.05, 0.1) is 18.6 Å². The van der Waals surface area contributed by atoms with Gasteiger partial charge >= 0.3 is 0 Å². The zero-order valence-electron chi connectivity index (χ0n) is 12.8. The first-order valence-corrected chi connectivity index (χ1v) is 7.78. The lowest BCUT2D eigenvalue weighted by Crippen LogP contribution is -2.53. The Hall–Kier alpha value is -2.15. The van der Waals surface area contributed by atoms with E-state index < -0.39 is 6.04 Å². The van der Waals surface area contributed by atoms with Crippen molar-refractivity contribution in [3.8, 4) is 5.75 Å². The third-order valence-electron chi connectivity index (χ3n) is 4.21. The Morgan fingerprint density at radius 2 is 2.30 bits per heavy atom. The van der Waals surface area contributed by atoms with Crippen molar-refractivity contribution < 1.29 is 18.7 Å². The fourth-order valence-electron chi connectivity index (χ4n) is 3.01. The normalized spacial score (nSPS) is 23.9. The van der Waals surface area contributed by atoms with Crippen molar-refractivity contribution in [3.05, 3.63) is 29.6 Å². The fourth-order valence-corrected chi connectivity index (χ4v) is 3.01. The molecule has 3 rings (SSSR count). The molecule has 0 saturated carbocycles. The number of nitrogens with two attached hydrogens (primary N) is 1. The second-order valence-corrected chi connectivity index (χ2v) is 6.04. The van der Waals surface area contributed by atoms with E-state index in [0.717, 1.165) is 12.0 Å². The van der Waals surface area contributed by atoms with Gasteiger partial charge in [-0.25, -0.2) is 4.39 Å². The van der Waals surface area contributed by atoms with Gasteiger partial charge in [0.1, 0.15) is 18.2 Å². The van der Waals surface area contributed by atoms with E-state index in [2.05, 4.69) is 5.32 Å². The Bertz CT molecular complexity index is 623. The van der Waals surface area contributed by atoms with Crippen molar-refractivity contribution in [3.63, 3.8) is 0 Å². The minimum atomic E-state index is -0.503. The number of benzene rings is 1. The van der Waals surface area contributed by atoms with Gasteiger partial charge < -0.3 is 20.7 Å². The van der Waals surface area contributed by atoms with Crippen LogP contribution in [0.2, 0.25) is 0 Å². The highest BCUT2D eigenvalue weighted by Crippen LogP contribution is 2.25. The van der Waals surface area contributed by atoms with Crippen LogP contribution in [-0.4, -0.2) is 48.5 Å². The van der Waals surface area contributed by atoms with Crippen molar-refractivity contribution in [2.24, 2.45) is 5.73 Å². The number of likely N-dealkylation sites (tertiary alicyclic amines) is 1. The summed E-state index contributed by atoms with van der Waals surface area (Å²) in [4.78, 5) is 25.5. The zero-order valence-corrected chi connectivity index (χ0v) is 12.8. The standard InChI is InChI=1S/C16H20FN3O3/c17-11-4-3-10-6-12(9-23-14(10)7-11)19-15(21)8-20-5-1-2-13(18)16(20)22/h3-4,7,12-13H,1-2,5-6,8-9,18H2,(H,19,21). The van der Waals surface area contributed by atoms with E-state index in [4.69, 9.17) is 10.5 Å².